The van der Waals surface area contributed by atoms with Crippen molar-refractivity contribution in [3.63, 3.8) is 0 Å². The predicted octanol–water partition coefficient (Wildman–Crippen LogP) is 3.44. The van der Waals surface area contributed by atoms with Gasteiger partial charge in [-0.2, -0.15) is 0 Å². The number of hydrogen-bond acceptors (Lipinski definition) is 3. The quantitative estimate of drug-likeness (QED) is 0.868. The Morgan fingerprint density at radius 1 is 1.12 bits per heavy atom. The average molecular weight is 331 g/mol. The molecule has 4 nitrogen and oxygen atoms in total. The van der Waals surface area contributed by atoms with Gasteiger partial charge in [0, 0.05) is 7.11 Å². The Labute approximate surface area is 144 Å². The largest absolute Gasteiger partial charge is 0.497 e. The van der Waals surface area contributed by atoms with E-state index in [9.17, 15) is 4.79 Å². The lowest BCUT2D eigenvalue weighted by Gasteiger charge is -2.33. The summed E-state index contributed by atoms with van der Waals surface area (Å²) in [6.07, 6.45) is 5.20. The van der Waals surface area contributed by atoms with Crippen LogP contribution in [0.1, 0.15) is 51.5 Å². The minimum absolute atomic E-state index is 0.0292. The first-order valence-corrected chi connectivity index (χ1v) is 8.85. The van der Waals surface area contributed by atoms with Gasteiger partial charge in [0.2, 0.25) is 5.91 Å². The van der Waals surface area contributed by atoms with Crippen molar-refractivity contribution in [3.8, 4) is 5.75 Å². The van der Waals surface area contributed by atoms with E-state index in [1.54, 1.807) is 14.2 Å². The third-order valence-electron chi connectivity index (χ3n) is 6.07. The van der Waals surface area contributed by atoms with Gasteiger partial charge in [0.05, 0.1) is 24.7 Å². The zero-order valence-corrected chi connectivity index (χ0v) is 15.3. The standard InChI is InChI=1S/C20H29NO3/c1-18(2)13-20(18,15-7-9-16(24-4)10-8-15)17(22)21-19(14-23-3)11-5-6-12-19/h7-10H,5-6,11-14H2,1-4H3,(H,21,22). The van der Waals surface area contributed by atoms with Gasteiger partial charge in [0.1, 0.15) is 5.75 Å². The summed E-state index contributed by atoms with van der Waals surface area (Å²) >= 11 is 0. The second-order valence-electron chi connectivity index (χ2n) is 8.07. The van der Waals surface area contributed by atoms with Gasteiger partial charge in [-0.1, -0.05) is 38.8 Å². The summed E-state index contributed by atoms with van der Waals surface area (Å²) in [4.78, 5) is 13.3. The van der Waals surface area contributed by atoms with Gasteiger partial charge >= 0.3 is 0 Å². The Morgan fingerprint density at radius 3 is 2.17 bits per heavy atom. The molecule has 2 fully saturated rings. The van der Waals surface area contributed by atoms with Gasteiger partial charge in [-0.05, 0) is 42.4 Å². The average Bonchev–Trinajstić information content (AvgIpc) is 2.90. The third-order valence-corrected chi connectivity index (χ3v) is 6.07. The highest BCUT2D eigenvalue weighted by Gasteiger charge is 2.67. The van der Waals surface area contributed by atoms with Crippen molar-refractivity contribution in [3.05, 3.63) is 29.8 Å². The van der Waals surface area contributed by atoms with E-state index in [-0.39, 0.29) is 16.9 Å². The van der Waals surface area contributed by atoms with Gasteiger partial charge in [-0.15, -0.1) is 0 Å². The summed E-state index contributed by atoms with van der Waals surface area (Å²) in [5, 5.41) is 3.38. The van der Waals surface area contributed by atoms with Crippen molar-refractivity contribution in [1.82, 2.24) is 5.32 Å². The summed E-state index contributed by atoms with van der Waals surface area (Å²) in [7, 11) is 3.37. The van der Waals surface area contributed by atoms with Crippen LogP contribution in [0.3, 0.4) is 0 Å². The summed E-state index contributed by atoms with van der Waals surface area (Å²) in [6.45, 7) is 4.95. The normalized spacial score (nSPS) is 26.8. The SMILES string of the molecule is COCC1(NC(=O)C2(c3ccc(OC)cc3)CC2(C)C)CCCC1. The van der Waals surface area contributed by atoms with Crippen molar-refractivity contribution in [2.75, 3.05) is 20.8 Å². The van der Waals surface area contributed by atoms with E-state index in [0.717, 1.165) is 43.4 Å². The molecule has 1 aromatic carbocycles. The fraction of sp³-hybridized carbons (Fsp3) is 0.650. The van der Waals surface area contributed by atoms with Gasteiger partial charge in [0.15, 0.2) is 0 Å². The van der Waals surface area contributed by atoms with E-state index in [1.165, 1.54) is 0 Å². The van der Waals surface area contributed by atoms with Crippen LogP contribution in [0.15, 0.2) is 24.3 Å². The Kier molecular flexibility index (Phi) is 4.37. The zero-order valence-electron chi connectivity index (χ0n) is 15.3. The fourth-order valence-electron chi connectivity index (χ4n) is 4.49. The minimum Gasteiger partial charge on any atom is -0.497 e. The molecule has 4 heteroatoms. The first kappa shape index (κ1) is 17.3. The number of hydrogen-bond donors (Lipinski definition) is 1. The van der Waals surface area contributed by atoms with Gasteiger partial charge in [-0.25, -0.2) is 0 Å². The molecule has 0 heterocycles. The molecule has 1 amide bonds. The van der Waals surface area contributed by atoms with E-state index >= 15 is 0 Å². The second kappa shape index (κ2) is 6.07. The number of benzene rings is 1. The van der Waals surface area contributed by atoms with Crippen LogP contribution in [0.4, 0.5) is 0 Å². The molecular formula is C20H29NO3. The van der Waals surface area contributed by atoms with Crippen molar-refractivity contribution < 1.29 is 14.3 Å². The van der Waals surface area contributed by atoms with Crippen molar-refractivity contribution in [2.24, 2.45) is 5.41 Å². The van der Waals surface area contributed by atoms with Crippen LogP contribution in [0.5, 0.6) is 5.75 Å². The summed E-state index contributed by atoms with van der Waals surface area (Å²) in [5.41, 5.74) is 0.418. The van der Waals surface area contributed by atoms with E-state index in [2.05, 4.69) is 19.2 Å². The Bertz CT molecular complexity index is 602. The number of methoxy groups -OCH3 is 2. The Balaban J connectivity index is 1.86. The van der Waals surface area contributed by atoms with Crippen LogP contribution in [-0.2, 0) is 14.9 Å². The molecular weight excluding hydrogens is 302 g/mol. The maximum Gasteiger partial charge on any atom is 0.231 e. The van der Waals surface area contributed by atoms with Crippen molar-refractivity contribution in [1.29, 1.82) is 0 Å². The summed E-state index contributed by atoms with van der Waals surface area (Å²) in [5.74, 6) is 0.969. The molecule has 2 aliphatic rings. The molecule has 132 valence electrons. The lowest BCUT2D eigenvalue weighted by Crippen LogP contribution is -2.53. The first-order chi connectivity index (χ1) is 11.4. The topological polar surface area (TPSA) is 47.6 Å². The highest BCUT2D eigenvalue weighted by atomic mass is 16.5. The minimum atomic E-state index is -0.442. The van der Waals surface area contributed by atoms with Gasteiger partial charge < -0.3 is 14.8 Å². The first-order valence-electron chi connectivity index (χ1n) is 8.85. The molecule has 3 rings (SSSR count). The molecule has 0 aliphatic heterocycles. The molecule has 0 saturated heterocycles. The molecule has 1 atom stereocenters. The van der Waals surface area contributed by atoms with Crippen LogP contribution in [0.25, 0.3) is 0 Å². The summed E-state index contributed by atoms with van der Waals surface area (Å²) in [6, 6.07) is 7.95. The van der Waals surface area contributed by atoms with Crippen LogP contribution in [0.2, 0.25) is 0 Å². The molecule has 0 radical (unpaired) electrons. The number of amides is 1. The molecule has 0 spiro atoms. The molecule has 2 saturated carbocycles. The molecule has 1 aromatic rings. The smallest absolute Gasteiger partial charge is 0.231 e. The van der Waals surface area contributed by atoms with E-state index < -0.39 is 5.41 Å². The lowest BCUT2D eigenvalue weighted by molar-refractivity contribution is -0.127. The van der Waals surface area contributed by atoms with Crippen LogP contribution in [-0.4, -0.2) is 32.3 Å². The summed E-state index contributed by atoms with van der Waals surface area (Å²) < 4.78 is 10.7. The second-order valence-corrected chi connectivity index (χ2v) is 8.07. The molecule has 0 bridgehead atoms. The highest BCUT2D eigenvalue weighted by Crippen LogP contribution is 2.64. The monoisotopic (exact) mass is 331 g/mol. The Morgan fingerprint density at radius 2 is 1.71 bits per heavy atom. The lowest BCUT2D eigenvalue weighted by atomic mass is 9.85. The molecule has 1 N–H and O–H groups in total. The number of nitrogens with one attached hydrogen (secondary N) is 1. The number of ether oxygens (including phenoxy) is 2. The predicted molar refractivity (Wildman–Crippen MR) is 94.3 cm³/mol. The fourth-order valence-corrected chi connectivity index (χ4v) is 4.49. The number of carbonyl (C=O) groups excluding carboxylic acids is 1. The van der Waals surface area contributed by atoms with Crippen LogP contribution < -0.4 is 10.1 Å². The third kappa shape index (κ3) is 2.71. The van der Waals surface area contributed by atoms with E-state index in [1.807, 2.05) is 24.3 Å². The van der Waals surface area contributed by atoms with Crippen molar-refractivity contribution >= 4 is 5.91 Å². The molecule has 24 heavy (non-hydrogen) atoms. The molecule has 0 aromatic heterocycles. The molecule has 2 aliphatic carbocycles. The van der Waals surface area contributed by atoms with Crippen molar-refractivity contribution in [2.45, 2.75) is 56.9 Å². The number of carbonyl (C=O) groups is 1. The number of rotatable bonds is 6. The molecule has 1 unspecified atom stereocenters. The maximum absolute atomic E-state index is 13.3. The maximum atomic E-state index is 13.3. The van der Waals surface area contributed by atoms with Crippen LogP contribution in [0, 0.1) is 5.41 Å². The zero-order chi connectivity index (χ0) is 17.4. The van der Waals surface area contributed by atoms with Gasteiger partial charge in [0.25, 0.3) is 0 Å². The van der Waals surface area contributed by atoms with E-state index in [4.69, 9.17) is 9.47 Å². The highest BCUT2D eigenvalue weighted by molar-refractivity contribution is 5.93. The van der Waals surface area contributed by atoms with Crippen LogP contribution >= 0.6 is 0 Å². The van der Waals surface area contributed by atoms with E-state index in [0.29, 0.717) is 6.61 Å². The van der Waals surface area contributed by atoms with Gasteiger partial charge in [-0.3, -0.25) is 4.79 Å². The Hall–Kier alpha value is -1.55.